The first-order valence-corrected chi connectivity index (χ1v) is 7.62. The quantitative estimate of drug-likeness (QED) is 0.872. The zero-order valence-corrected chi connectivity index (χ0v) is 11.3. The van der Waals surface area contributed by atoms with Gasteiger partial charge in [-0.15, -0.1) is 0 Å². The smallest absolute Gasteiger partial charge is 0.242 e. The van der Waals surface area contributed by atoms with Gasteiger partial charge in [-0.1, -0.05) is 18.2 Å². The summed E-state index contributed by atoms with van der Waals surface area (Å²) in [5, 5.41) is 6.38. The number of hydrogen-bond acceptors (Lipinski definition) is 3. The highest BCUT2D eigenvalue weighted by molar-refractivity contribution is 8.00. The van der Waals surface area contributed by atoms with Gasteiger partial charge in [0, 0.05) is 23.4 Å². The number of hydrogen-bond donors (Lipinski definition) is 2. The summed E-state index contributed by atoms with van der Waals surface area (Å²) in [5.41, 5.74) is 2.34. The van der Waals surface area contributed by atoms with Crippen molar-refractivity contribution in [2.24, 2.45) is 0 Å². The summed E-state index contributed by atoms with van der Waals surface area (Å²) >= 11 is 1.87. The number of rotatable bonds is 4. The van der Waals surface area contributed by atoms with Gasteiger partial charge in [0.1, 0.15) is 6.04 Å². The van der Waals surface area contributed by atoms with Gasteiger partial charge in [0.05, 0.1) is 0 Å². The van der Waals surface area contributed by atoms with E-state index in [9.17, 15) is 4.79 Å². The number of amides is 1. The van der Waals surface area contributed by atoms with Crippen LogP contribution < -0.4 is 10.6 Å². The molecule has 1 heterocycles. The molecule has 4 heteroatoms. The molecule has 1 fully saturated rings. The van der Waals surface area contributed by atoms with E-state index in [4.69, 9.17) is 0 Å². The van der Waals surface area contributed by atoms with E-state index in [1.165, 1.54) is 18.4 Å². The summed E-state index contributed by atoms with van der Waals surface area (Å²) in [6.45, 7) is 0.807. The zero-order valence-electron chi connectivity index (χ0n) is 10.5. The van der Waals surface area contributed by atoms with E-state index in [0.717, 1.165) is 18.7 Å². The van der Waals surface area contributed by atoms with Crippen molar-refractivity contribution < 1.29 is 4.79 Å². The molecule has 1 saturated carbocycles. The van der Waals surface area contributed by atoms with Crippen LogP contribution in [0.2, 0.25) is 0 Å². The molecule has 1 unspecified atom stereocenters. The second-order valence-corrected chi connectivity index (χ2v) is 6.44. The molecule has 0 saturated heterocycles. The Balaban J connectivity index is 1.56. The average molecular weight is 262 g/mol. The minimum Gasteiger partial charge on any atom is -0.373 e. The summed E-state index contributed by atoms with van der Waals surface area (Å²) in [5.74, 6) is 0.131. The molecular formula is C14H18N2OS. The molecule has 1 aromatic rings. The molecule has 3 rings (SSSR count). The minimum absolute atomic E-state index is 0.0972. The van der Waals surface area contributed by atoms with Gasteiger partial charge in [0.25, 0.3) is 0 Å². The lowest BCUT2D eigenvalue weighted by Crippen LogP contribution is -2.41. The van der Waals surface area contributed by atoms with Gasteiger partial charge in [0.2, 0.25) is 5.91 Å². The van der Waals surface area contributed by atoms with Gasteiger partial charge < -0.3 is 10.6 Å². The summed E-state index contributed by atoms with van der Waals surface area (Å²) in [4.78, 5) is 12.1. The maximum Gasteiger partial charge on any atom is 0.242 e. The lowest BCUT2D eigenvalue weighted by atomic mass is 10.1. The Labute approximate surface area is 112 Å². The van der Waals surface area contributed by atoms with Crippen LogP contribution in [0.5, 0.6) is 0 Å². The first-order valence-electron chi connectivity index (χ1n) is 6.40. The molecule has 1 aromatic carbocycles. The van der Waals surface area contributed by atoms with E-state index >= 15 is 0 Å². The van der Waals surface area contributed by atoms with Crippen molar-refractivity contribution in [2.45, 2.75) is 30.1 Å². The summed E-state index contributed by atoms with van der Waals surface area (Å²) in [6, 6.07) is 8.04. The number of benzene rings is 1. The van der Waals surface area contributed by atoms with Gasteiger partial charge in [0.15, 0.2) is 0 Å². The van der Waals surface area contributed by atoms with Crippen LogP contribution in [0.3, 0.4) is 0 Å². The van der Waals surface area contributed by atoms with Crippen molar-refractivity contribution >= 4 is 23.4 Å². The molecule has 1 aliphatic heterocycles. The van der Waals surface area contributed by atoms with Crippen LogP contribution >= 0.6 is 11.8 Å². The maximum atomic E-state index is 12.1. The van der Waals surface area contributed by atoms with Crippen LogP contribution in [0.4, 0.5) is 5.69 Å². The average Bonchev–Trinajstić information content (AvgIpc) is 3.05. The fraction of sp³-hybridized carbons (Fsp3) is 0.500. The summed E-state index contributed by atoms with van der Waals surface area (Å²) < 4.78 is 0.334. The van der Waals surface area contributed by atoms with E-state index in [1.807, 2.05) is 30.0 Å². The highest BCUT2D eigenvalue weighted by atomic mass is 32.2. The first kappa shape index (κ1) is 11.9. The Morgan fingerprint density at radius 3 is 2.94 bits per heavy atom. The lowest BCUT2D eigenvalue weighted by molar-refractivity contribution is -0.121. The minimum atomic E-state index is -0.0972. The Morgan fingerprint density at radius 2 is 2.28 bits per heavy atom. The summed E-state index contributed by atoms with van der Waals surface area (Å²) in [6.07, 6.45) is 5.39. The Bertz CT molecular complexity index is 446. The maximum absolute atomic E-state index is 12.1. The Kier molecular flexibility index (Phi) is 2.98. The molecule has 0 bridgehead atoms. The number of nitrogens with one attached hydrogen (secondary N) is 2. The number of carbonyl (C=O) groups excluding carboxylic acids is 1. The first-order chi connectivity index (χ1) is 8.72. The molecule has 3 nitrogen and oxygen atoms in total. The molecule has 2 N–H and O–H groups in total. The predicted molar refractivity (Wildman–Crippen MR) is 76.0 cm³/mol. The lowest BCUT2D eigenvalue weighted by Gasteiger charge is -2.16. The standard InChI is InChI=1S/C14H18N2OS/c1-18-14(6-7-14)9-15-13(17)12-8-10-4-2-3-5-11(10)16-12/h2-5,12,16H,6-9H2,1H3,(H,15,17). The van der Waals surface area contributed by atoms with E-state index in [-0.39, 0.29) is 11.9 Å². The molecule has 0 aromatic heterocycles. The van der Waals surface area contributed by atoms with E-state index in [1.54, 1.807) is 0 Å². The third kappa shape index (κ3) is 2.21. The molecule has 0 radical (unpaired) electrons. The zero-order chi connectivity index (χ0) is 12.6. The fourth-order valence-corrected chi connectivity index (χ4v) is 3.15. The van der Waals surface area contributed by atoms with Crippen molar-refractivity contribution in [3.05, 3.63) is 29.8 Å². The van der Waals surface area contributed by atoms with Crippen molar-refractivity contribution in [3.8, 4) is 0 Å². The van der Waals surface area contributed by atoms with Crippen LogP contribution in [0.1, 0.15) is 18.4 Å². The Morgan fingerprint density at radius 1 is 1.50 bits per heavy atom. The van der Waals surface area contributed by atoms with E-state index in [0.29, 0.717) is 4.75 Å². The second-order valence-electron chi connectivity index (χ2n) is 5.16. The van der Waals surface area contributed by atoms with Crippen molar-refractivity contribution in [2.75, 3.05) is 18.1 Å². The molecule has 18 heavy (non-hydrogen) atoms. The number of anilines is 1. The van der Waals surface area contributed by atoms with Gasteiger partial charge in [-0.2, -0.15) is 11.8 Å². The molecular weight excluding hydrogens is 244 g/mol. The van der Waals surface area contributed by atoms with Crippen LogP contribution in [-0.2, 0) is 11.2 Å². The van der Waals surface area contributed by atoms with Gasteiger partial charge in [-0.05, 0) is 30.7 Å². The Hall–Kier alpha value is -1.16. The van der Waals surface area contributed by atoms with Gasteiger partial charge in [-0.25, -0.2) is 0 Å². The fourth-order valence-electron chi connectivity index (χ4n) is 2.42. The highest BCUT2D eigenvalue weighted by Gasteiger charge is 2.42. The largest absolute Gasteiger partial charge is 0.373 e. The van der Waals surface area contributed by atoms with Crippen LogP contribution in [0.15, 0.2) is 24.3 Å². The van der Waals surface area contributed by atoms with Gasteiger partial charge in [-0.3, -0.25) is 4.79 Å². The van der Waals surface area contributed by atoms with Gasteiger partial charge >= 0.3 is 0 Å². The topological polar surface area (TPSA) is 41.1 Å². The summed E-state index contributed by atoms with van der Waals surface area (Å²) in [7, 11) is 0. The molecule has 1 aliphatic carbocycles. The van der Waals surface area contributed by atoms with Crippen LogP contribution in [0, 0.1) is 0 Å². The molecule has 0 spiro atoms. The number of thioether (sulfide) groups is 1. The highest BCUT2D eigenvalue weighted by Crippen LogP contribution is 2.46. The van der Waals surface area contributed by atoms with Crippen molar-refractivity contribution in [1.82, 2.24) is 5.32 Å². The normalized spacial score (nSPS) is 23.1. The second kappa shape index (κ2) is 4.50. The SMILES string of the molecule is CSC1(CNC(=O)C2Cc3ccccc3N2)CC1. The predicted octanol–water partition coefficient (Wildman–Crippen LogP) is 2.03. The number of carbonyl (C=O) groups is 1. The van der Waals surface area contributed by atoms with E-state index < -0.39 is 0 Å². The third-order valence-corrected chi connectivity index (χ3v) is 5.33. The monoisotopic (exact) mass is 262 g/mol. The van der Waals surface area contributed by atoms with Crippen LogP contribution in [0.25, 0.3) is 0 Å². The van der Waals surface area contributed by atoms with E-state index in [2.05, 4.69) is 23.0 Å². The molecule has 1 atom stereocenters. The molecule has 96 valence electrons. The number of fused-ring (bicyclic) bond motifs is 1. The van der Waals surface area contributed by atoms with Crippen molar-refractivity contribution in [3.63, 3.8) is 0 Å². The number of para-hydroxylation sites is 1. The molecule has 2 aliphatic rings. The molecule has 1 amide bonds. The van der Waals surface area contributed by atoms with Crippen molar-refractivity contribution in [1.29, 1.82) is 0 Å². The third-order valence-electron chi connectivity index (χ3n) is 3.91. The van der Waals surface area contributed by atoms with Crippen LogP contribution in [-0.4, -0.2) is 29.5 Å².